The summed E-state index contributed by atoms with van der Waals surface area (Å²) in [6, 6.07) is 18.1. The summed E-state index contributed by atoms with van der Waals surface area (Å²) < 4.78 is 4.69. The van der Waals surface area contributed by atoms with E-state index in [9.17, 15) is 0 Å². The van der Waals surface area contributed by atoms with Gasteiger partial charge in [-0.05, 0) is 0 Å². The SMILES string of the molecule is C1=C[CH]([Sc]2([CH]3C=Cc4ccccc43)[CH2][CH2]2)c2ccccc21.Cl. The summed E-state index contributed by atoms with van der Waals surface area (Å²) in [4.78, 5) is 0. The Hall–Kier alpha value is -0.920. The summed E-state index contributed by atoms with van der Waals surface area (Å²) in [5, 5.41) is 0. The molecule has 2 aromatic carbocycles. The maximum absolute atomic E-state index is 2.54. The van der Waals surface area contributed by atoms with E-state index < -0.39 is 20.0 Å². The maximum Gasteiger partial charge on any atom is -0.147 e. The molecule has 2 aromatic rings. The Balaban J connectivity index is 0.00000125. The van der Waals surface area contributed by atoms with E-state index >= 15 is 0 Å². The monoisotopic (exact) mass is 339 g/mol. The molecule has 1 saturated heterocycles. The molecule has 22 heavy (non-hydrogen) atoms. The van der Waals surface area contributed by atoms with Crippen molar-refractivity contribution in [1.82, 2.24) is 0 Å². The van der Waals surface area contributed by atoms with Gasteiger partial charge in [0.1, 0.15) is 0 Å². The van der Waals surface area contributed by atoms with Crippen molar-refractivity contribution in [3.8, 4) is 0 Å². The maximum atomic E-state index is 2.54. The zero-order valence-corrected chi connectivity index (χ0v) is 15.1. The van der Waals surface area contributed by atoms with Crippen LogP contribution in [-0.2, 0) is 20.0 Å². The number of halogens is 1. The molecule has 3 aliphatic rings. The van der Waals surface area contributed by atoms with Gasteiger partial charge in [0.25, 0.3) is 0 Å². The number of fused-ring (bicyclic) bond motifs is 2. The molecule has 1 aliphatic heterocycles. The summed E-state index contributed by atoms with van der Waals surface area (Å²) >= 11 is -2.04. The second-order valence-electron chi connectivity index (χ2n) is 7.03. The van der Waals surface area contributed by atoms with Gasteiger partial charge in [0, 0.05) is 0 Å². The summed E-state index contributed by atoms with van der Waals surface area (Å²) in [5.74, 6) is 0. The largest absolute Gasteiger partial charge is 0.147 e. The van der Waals surface area contributed by atoms with Crippen molar-refractivity contribution in [2.45, 2.75) is 15.7 Å². The van der Waals surface area contributed by atoms with Crippen LogP contribution in [0.1, 0.15) is 29.6 Å². The van der Waals surface area contributed by atoms with Crippen LogP contribution < -0.4 is 0 Å². The van der Waals surface area contributed by atoms with E-state index in [0.717, 1.165) is 7.35 Å². The van der Waals surface area contributed by atoms with Crippen LogP contribution in [0.5, 0.6) is 0 Å². The third kappa shape index (κ3) is 1.98. The van der Waals surface area contributed by atoms with E-state index in [2.05, 4.69) is 72.8 Å². The summed E-state index contributed by atoms with van der Waals surface area (Å²) in [6.45, 7) is 0. The zero-order valence-electron chi connectivity index (χ0n) is 12.5. The minimum Gasteiger partial charge on any atom is -0.147 e. The van der Waals surface area contributed by atoms with Gasteiger partial charge in [-0.3, -0.25) is 0 Å². The summed E-state index contributed by atoms with van der Waals surface area (Å²) in [5.41, 5.74) is 6.19. The molecule has 0 nitrogen and oxygen atoms in total. The minimum atomic E-state index is -2.04. The summed E-state index contributed by atoms with van der Waals surface area (Å²) in [7, 11) is 0. The van der Waals surface area contributed by atoms with Gasteiger partial charge < -0.3 is 0 Å². The molecule has 5 rings (SSSR count). The fourth-order valence-corrected chi connectivity index (χ4v) is 15.8. The Bertz CT molecular complexity index is 722. The second-order valence-corrected chi connectivity index (χ2v) is 15.5. The fourth-order valence-electron chi connectivity index (χ4n) is 4.85. The van der Waals surface area contributed by atoms with E-state index in [-0.39, 0.29) is 12.4 Å². The van der Waals surface area contributed by atoms with E-state index in [1.54, 1.807) is 19.5 Å². The van der Waals surface area contributed by atoms with Gasteiger partial charge in [0.05, 0.1) is 0 Å². The van der Waals surface area contributed by atoms with Crippen LogP contribution in [0.2, 0.25) is 8.35 Å². The Labute approximate surface area is 142 Å². The first-order valence-electron chi connectivity index (χ1n) is 8.13. The van der Waals surface area contributed by atoms with Crippen molar-refractivity contribution in [3.05, 3.63) is 82.9 Å². The van der Waals surface area contributed by atoms with Crippen LogP contribution in [0.15, 0.2) is 60.7 Å². The van der Waals surface area contributed by atoms with Crippen molar-refractivity contribution in [3.63, 3.8) is 0 Å². The Morgan fingerprint density at radius 2 is 1.14 bits per heavy atom. The van der Waals surface area contributed by atoms with Gasteiger partial charge in [0.2, 0.25) is 0 Å². The third-order valence-corrected chi connectivity index (χ3v) is 15.3. The van der Waals surface area contributed by atoms with Crippen LogP contribution in [0.3, 0.4) is 0 Å². The van der Waals surface area contributed by atoms with Crippen molar-refractivity contribution >= 4 is 24.6 Å². The van der Waals surface area contributed by atoms with Crippen LogP contribution >= 0.6 is 12.4 Å². The molecule has 2 atom stereocenters. The van der Waals surface area contributed by atoms with Gasteiger partial charge >= 0.3 is 131 Å². The molecule has 0 N–H and O–H groups in total. The first-order chi connectivity index (χ1) is 10.4. The van der Waals surface area contributed by atoms with E-state index in [0.29, 0.717) is 0 Å². The average molecular weight is 340 g/mol. The normalized spacial score (nSPS) is 25.5. The number of hydrogen-bond donors (Lipinski definition) is 0. The van der Waals surface area contributed by atoms with Gasteiger partial charge in [-0.15, -0.1) is 12.4 Å². The van der Waals surface area contributed by atoms with Crippen LogP contribution in [-0.4, -0.2) is 0 Å². The van der Waals surface area contributed by atoms with Gasteiger partial charge in [0.15, 0.2) is 0 Å². The molecule has 2 heteroatoms. The van der Waals surface area contributed by atoms with Gasteiger partial charge in [-0.2, -0.15) is 0 Å². The molecular formula is C20H19ClSc. The van der Waals surface area contributed by atoms with Crippen molar-refractivity contribution < 1.29 is 20.0 Å². The van der Waals surface area contributed by atoms with E-state index in [1.807, 2.05) is 0 Å². The van der Waals surface area contributed by atoms with Gasteiger partial charge in [-0.25, -0.2) is 0 Å². The topological polar surface area (TPSA) is 0 Å². The molecule has 0 amide bonds. The van der Waals surface area contributed by atoms with Gasteiger partial charge in [-0.1, -0.05) is 0 Å². The molecular weight excluding hydrogens is 321 g/mol. The number of allylic oxidation sites excluding steroid dienone is 2. The molecule has 1 fully saturated rings. The predicted octanol–water partition coefficient (Wildman–Crippen LogP) is 5.95. The van der Waals surface area contributed by atoms with Crippen LogP contribution in [0, 0.1) is 0 Å². The van der Waals surface area contributed by atoms with Crippen LogP contribution in [0.4, 0.5) is 0 Å². The average Bonchev–Trinajstić information content (AvgIpc) is 3.03. The molecule has 0 radical (unpaired) electrons. The smallest absolute Gasteiger partial charge is 0.147 e. The Morgan fingerprint density at radius 3 is 1.59 bits per heavy atom. The molecule has 1 heterocycles. The molecule has 0 spiro atoms. The molecule has 2 unspecified atom stereocenters. The van der Waals surface area contributed by atoms with E-state index in [4.69, 9.17) is 0 Å². The molecule has 0 aromatic heterocycles. The number of hydrogen-bond acceptors (Lipinski definition) is 0. The second kappa shape index (κ2) is 5.32. The first kappa shape index (κ1) is 14.7. The quantitative estimate of drug-likeness (QED) is 0.634. The van der Waals surface area contributed by atoms with E-state index in [1.165, 1.54) is 11.1 Å². The molecule has 2 aliphatic carbocycles. The predicted molar refractivity (Wildman–Crippen MR) is 93.3 cm³/mol. The number of rotatable bonds is 2. The molecule has 0 bridgehead atoms. The van der Waals surface area contributed by atoms with Crippen molar-refractivity contribution in [1.29, 1.82) is 0 Å². The zero-order chi connectivity index (χ0) is 13.9. The Morgan fingerprint density at radius 1 is 0.682 bits per heavy atom. The number of benzene rings is 2. The molecule has 109 valence electrons. The summed E-state index contributed by atoms with van der Waals surface area (Å²) in [6.07, 6.45) is 9.83. The third-order valence-electron chi connectivity index (χ3n) is 6.06. The minimum absolute atomic E-state index is 0. The fraction of sp³-hybridized carbons (Fsp3) is 0.200. The van der Waals surface area contributed by atoms with Crippen molar-refractivity contribution in [2.24, 2.45) is 0 Å². The van der Waals surface area contributed by atoms with Crippen LogP contribution in [0.25, 0.3) is 12.2 Å². The standard InChI is InChI=1S/2C9H7.C2H4.ClH.Sc/c2*1-2-5-9-7-3-6-8(9)4-1;1-2;;/h2*1-7H;1-2H2;1H;. The first-order valence-corrected chi connectivity index (χ1v) is 12.8. The van der Waals surface area contributed by atoms with Crippen molar-refractivity contribution in [2.75, 3.05) is 0 Å². The Kier molecular flexibility index (Phi) is 3.54. The molecule has 0 saturated carbocycles.